The summed E-state index contributed by atoms with van der Waals surface area (Å²) in [6.45, 7) is 1.63. The highest BCUT2D eigenvalue weighted by Gasteiger charge is 2.23. The number of amides is 1. The second kappa shape index (κ2) is 6.32. The zero-order valence-corrected chi connectivity index (χ0v) is 13.7. The van der Waals surface area contributed by atoms with Gasteiger partial charge < -0.3 is 14.4 Å². The molecule has 6 heteroatoms. The number of carbonyl (C=O) groups excluding carboxylic acids is 1. The number of ether oxygens (including phenoxy) is 2. The molecule has 1 aliphatic heterocycles. The Morgan fingerprint density at radius 1 is 1.13 bits per heavy atom. The summed E-state index contributed by atoms with van der Waals surface area (Å²) in [5.74, 6) is 1.44. The van der Waals surface area contributed by atoms with Gasteiger partial charge >= 0.3 is 0 Å². The van der Waals surface area contributed by atoms with Crippen molar-refractivity contribution in [2.45, 2.75) is 12.8 Å². The first-order valence-corrected chi connectivity index (χ1v) is 7.69. The number of hydrogen-bond acceptors (Lipinski definition) is 4. The molecular formula is C17H21N3O3. The number of nitrogens with zero attached hydrogens (tertiary/aromatic N) is 3. The van der Waals surface area contributed by atoms with Crippen LogP contribution in [0.3, 0.4) is 0 Å². The van der Waals surface area contributed by atoms with E-state index in [0.29, 0.717) is 11.4 Å². The third kappa shape index (κ3) is 2.88. The highest BCUT2D eigenvalue weighted by molar-refractivity contribution is 5.94. The van der Waals surface area contributed by atoms with Gasteiger partial charge in [-0.05, 0) is 37.1 Å². The zero-order chi connectivity index (χ0) is 16.4. The molecular weight excluding hydrogens is 294 g/mol. The number of benzene rings is 1. The second-order valence-electron chi connectivity index (χ2n) is 5.60. The lowest BCUT2D eigenvalue weighted by Crippen LogP contribution is -2.28. The first-order valence-electron chi connectivity index (χ1n) is 7.69. The van der Waals surface area contributed by atoms with Crippen LogP contribution in [0.1, 0.15) is 23.3 Å². The average Bonchev–Trinajstić information content (AvgIpc) is 3.23. The fourth-order valence-electron chi connectivity index (χ4n) is 2.92. The van der Waals surface area contributed by atoms with Gasteiger partial charge in [0.25, 0.3) is 5.91 Å². The molecule has 1 aliphatic rings. The minimum Gasteiger partial charge on any atom is -0.497 e. The normalized spacial score (nSPS) is 14.1. The van der Waals surface area contributed by atoms with Crippen molar-refractivity contribution >= 4 is 5.91 Å². The summed E-state index contributed by atoms with van der Waals surface area (Å²) in [6.07, 6.45) is 2.13. The SMILES string of the molecule is COc1ccc(OC)c(-c2cc(C(=O)N3CCCC3)nn2C)c1. The number of rotatable bonds is 4. The second-order valence-corrected chi connectivity index (χ2v) is 5.60. The molecule has 1 amide bonds. The summed E-state index contributed by atoms with van der Waals surface area (Å²) < 4.78 is 12.4. The van der Waals surface area contributed by atoms with Crippen molar-refractivity contribution in [3.63, 3.8) is 0 Å². The Bertz CT molecular complexity index is 718. The average molecular weight is 315 g/mol. The molecule has 0 atom stereocenters. The van der Waals surface area contributed by atoms with Crippen LogP contribution in [0.15, 0.2) is 24.3 Å². The Kier molecular flexibility index (Phi) is 4.23. The van der Waals surface area contributed by atoms with E-state index in [9.17, 15) is 4.79 Å². The summed E-state index contributed by atoms with van der Waals surface area (Å²) >= 11 is 0. The number of carbonyl (C=O) groups is 1. The maximum atomic E-state index is 12.5. The van der Waals surface area contributed by atoms with E-state index in [-0.39, 0.29) is 5.91 Å². The van der Waals surface area contributed by atoms with Crippen LogP contribution in [0.5, 0.6) is 11.5 Å². The maximum absolute atomic E-state index is 12.5. The molecule has 3 rings (SSSR count). The van der Waals surface area contributed by atoms with Gasteiger partial charge in [0.1, 0.15) is 11.5 Å². The minimum atomic E-state index is -0.00814. The van der Waals surface area contributed by atoms with Crippen LogP contribution < -0.4 is 9.47 Å². The fourth-order valence-corrected chi connectivity index (χ4v) is 2.92. The molecule has 1 aromatic carbocycles. The van der Waals surface area contributed by atoms with Gasteiger partial charge in [0, 0.05) is 25.7 Å². The van der Waals surface area contributed by atoms with E-state index in [0.717, 1.165) is 42.9 Å². The van der Waals surface area contributed by atoms with Crippen molar-refractivity contribution < 1.29 is 14.3 Å². The van der Waals surface area contributed by atoms with E-state index < -0.39 is 0 Å². The molecule has 6 nitrogen and oxygen atoms in total. The van der Waals surface area contributed by atoms with Crippen LogP contribution in [0, 0.1) is 0 Å². The zero-order valence-electron chi connectivity index (χ0n) is 13.7. The molecule has 2 aromatic rings. The molecule has 0 spiro atoms. The van der Waals surface area contributed by atoms with Gasteiger partial charge in [-0.15, -0.1) is 0 Å². The van der Waals surface area contributed by atoms with E-state index in [1.165, 1.54) is 0 Å². The summed E-state index contributed by atoms with van der Waals surface area (Å²) in [6, 6.07) is 7.40. The smallest absolute Gasteiger partial charge is 0.274 e. The van der Waals surface area contributed by atoms with Crippen molar-refractivity contribution in [1.29, 1.82) is 0 Å². The predicted molar refractivity (Wildman–Crippen MR) is 86.9 cm³/mol. The largest absolute Gasteiger partial charge is 0.497 e. The fraction of sp³-hybridized carbons (Fsp3) is 0.412. The standard InChI is InChI=1S/C17H21N3O3/c1-19-15(13-10-12(22-2)6-7-16(13)23-3)11-14(18-19)17(21)20-8-4-5-9-20/h6-7,10-11H,4-5,8-9H2,1-3H3. The number of aromatic nitrogens is 2. The molecule has 0 aliphatic carbocycles. The lowest BCUT2D eigenvalue weighted by molar-refractivity contribution is 0.0786. The molecule has 23 heavy (non-hydrogen) atoms. The maximum Gasteiger partial charge on any atom is 0.274 e. The van der Waals surface area contributed by atoms with E-state index in [1.54, 1.807) is 18.9 Å². The van der Waals surface area contributed by atoms with E-state index >= 15 is 0 Å². The lowest BCUT2D eigenvalue weighted by atomic mass is 10.1. The lowest BCUT2D eigenvalue weighted by Gasteiger charge is -2.12. The van der Waals surface area contributed by atoms with E-state index in [2.05, 4.69) is 5.10 Å². The van der Waals surface area contributed by atoms with Crippen LogP contribution in [0.25, 0.3) is 11.3 Å². The van der Waals surface area contributed by atoms with Gasteiger partial charge in [0.2, 0.25) is 0 Å². The molecule has 0 bridgehead atoms. The first kappa shape index (κ1) is 15.4. The highest BCUT2D eigenvalue weighted by atomic mass is 16.5. The predicted octanol–water partition coefficient (Wildman–Crippen LogP) is 2.34. The van der Waals surface area contributed by atoms with Crippen molar-refractivity contribution in [1.82, 2.24) is 14.7 Å². The van der Waals surface area contributed by atoms with Gasteiger partial charge in [-0.3, -0.25) is 9.48 Å². The van der Waals surface area contributed by atoms with E-state index in [4.69, 9.17) is 9.47 Å². The van der Waals surface area contributed by atoms with Gasteiger partial charge in [-0.2, -0.15) is 5.10 Å². The molecule has 0 unspecified atom stereocenters. The number of likely N-dealkylation sites (tertiary alicyclic amines) is 1. The summed E-state index contributed by atoms with van der Waals surface area (Å²) in [7, 11) is 5.07. The van der Waals surface area contributed by atoms with Gasteiger partial charge in [-0.25, -0.2) is 0 Å². The number of methoxy groups -OCH3 is 2. The number of aryl methyl sites for hydroxylation is 1. The molecule has 122 valence electrons. The Morgan fingerprint density at radius 2 is 1.87 bits per heavy atom. The van der Waals surface area contributed by atoms with Gasteiger partial charge in [0.05, 0.1) is 19.9 Å². The Labute approximate surface area is 135 Å². The van der Waals surface area contributed by atoms with Crippen molar-refractivity contribution in [3.8, 4) is 22.8 Å². The van der Waals surface area contributed by atoms with Gasteiger partial charge in [-0.1, -0.05) is 0 Å². The van der Waals surface area contributed by atoms with Crippen molar-refractivity contribution in [2.24, 2.45) is 7.05 Å². The summed E-state index contributed by atoms with van der Waals surface area (Å²) in [5, 5.41) is 4.39. The molecule has 1 saturated heterocycles. The van der Waals surface area contributed by atoms with Crippen LogP contribution in [-0.2, 0) is 7.05 Å². The van der Waals surface area contributed by atoms with E-state index in [1.807, 2.05) is 36.2 Å². The van der Waals surface area contributed by atoms with Crippen molar-refractivity contribution in [2.75, 3.05) is 27.3 Å². The third-order valence-electron chi connectivity index (χ3n) is 4.17. The van der Waals surface area contributed by atoms with Crippen LogP contribution in [0.2, 0.25) is 0 Å². The Hall–Kier alpha value is -2.50. The Balaban J connectivity index is 1.99. The summed E-state index contributed by atoms with van der Waals surface area (Å²) in [4.78, 5) is 14.4. The number of hydrogen-bond donors (Lipinski definition) is 0. The topological polar surface area (TPSA) is 56.6 Å². The molecule has 0 N–H and O–H groups in total. The Morgan fingerprint density at radius 3 is 2.52 bits per heavy atom. The molecule has 2 heterocycles. The third-order valence-corrected chi connectivity index (χ3v) is 4.17. The van der Waals surface area contributed by atoms with Gasteiger partial charge in [0.15, 0.2) is 5.69 Å². The molecule has 1 aromatic heterocycles. The molecule has 1 fully saturated rings. The monoisotopic (exact) mass is 315 g/mol. The summed E-state index contributed by atoms with van der Waals surface area (Å²) in [5.41, 5.74) is 2.14. The van der Waals surface area contributed by atoms with Crippen LogP contribution >= 0.6 is 0 Å². The van der Waals surface area contributed by atoms with Crippen molar-refractivity contribution in [3.05, 3.63) is 30.0 Å². The van der Waals surface area contributed by atoms with Crippen LogP contribution in [0.4, 0.5) is 0 Å². The quantitative estimate of drug-likeness (QED) is 0.869. The molecule has 0 radical (unpaired) electrons. The van der Waals surface area contributed by atoms with Crippen LogP contribution in [-0.4, -0.2) is 47.9 Å². The molecule has 0 saturated carbocycles. The highest BCUT2D eigenvalue weighted by Crippen LogP contribution is 2.33. The first-order chi connectivity index (χ1) is 11.1. The minimum absolute atomic E-state index is 0.00814.